The highest BCUT2D eigenvalue weighted by Crippen LogP contribution is 2.45. The van der Waals surface area contributed by atoms with Crippen LogP contribution in [0.3, 0.4) is 0 Å². The molecule has 0 aromatic rings. The first kappa shape index (κ1) is 88.5. The van der Waals surface area contributed by atoms with E-state index in [9.17, 15) is 43.2 Å². The summed E-state index contributed by atoms with van der Waals surface area (Å²) in [6.45, 7) is 9.44. The number of allylic oxidation sites excluding steroid dienone is 4. The van der Waals surface area contributed by atoms with Crippen molar-refractivity contribution in [3.8, 4) is 0 Å². The maximum Gasteiger partial charge on any atom is 0.472 e. The number of aliphatic hydroxyl groups is 1. The van der Waals surface area contributed by atoms with Crippen LogP contribution in [0.15, 0.2) is 24.3 Å². The molecule has 0 radical (unpaired) electrons. The average Bonchev–Trinajstić information content (AvgIpc) is 2.54. The number of hydrogen-bond acceptors (Lipinski definition) is 15. The van der Waals surface area contributed by atoms with Crippen molar-refractivity contribution in [2.45, 2.75) is 362 Å². The van der Waals surface area contributed by atoms with Crippen LogP contribution in [0, 0.1) is 11.8 Å². The van der Waals surface area contributed by atoms with Gasteiger partial charge in [0.1, 0.15) is 19.3 Å². The summed E-state index contributed by atoms with van der Waals surface area (Å²) >= 11 is 0. The molecule has 0 aliphatic carbocycles. The summed E-state index contributed by atoms with van der Waals surface area (Å²) in [5.41, 5.74) is 0. The summed E-state index contributed by atoms with van der Waals surface area (Å²) in [5, 5.41) is 10.6. The first-order valence-electron chi connectivity index (χ1n) is 36.8. The van der Waals surface area contributed by atoms with Gasteiger partial charge in [-0.3, -0.25) is 37.3 Å². The lowest BCUT2D eigenvalue weighted by atomic mass is 9.99. The molecule has 0 bridgehead atoms. The van der Waals surface area contributed by atoms with Crippen LogP contribution in [0.4, 0.5) is 0 Å². The molecule has 0 fully saturated rings. The fraction of sp³-hybridized carbons (Fsp3) is 0.889. The molecular weight excluding hydrogens is 1200 g/mol. The second-order valence-electron chi connectivity index (χ2n) is 26.0. The van der Waals surface area contributed by atoms with Gasteiger partial charge in [0.2, 0.25) is 0 Å². The zero-order valence-corrected chi connectivity index (χ0v) is 60.4. The normalized spacial score (nSPS) is 14.6. The molecule has 0 aliphatic rings. The summed E-state index contributed by atoms with van der Waals surface area (Å²) in [7, 11) is -9.91. The van der Waals surface area contributed by atoms with Crippen molar-refractivity contribution in [2.24, 2.45) is 11.8 Å². The SMILES string of the molecule is CCCCCC/C=C\C=C/CCCCCCCC(=O)OC[C@H](COP(=O)(O)OC[C@@H](O)COP(=O)(O)OC[C@@H](COC(=O)CCCCCCCCCCC)OC(=O)CCCCCCCCC(C)C)OC(=O)CCCCCCCCCCCCCCCCC(C)CC. The van der Waals surface area contributed by atoms with Crippen molar-refractivity contribution < 1.29 is 80.2 Å². The average molecular weight is 1340 g/mol. The lowest BCUT2D eigenvalue weighted by Crippen LogP contribution is -2.30. The van der Waals surface area contributed by atoms with Crippen LogP contribution >= 0.6 is 15.6 Å². The van der Waals surface area contributed by atoms with Crippen LogP contribution in [-0.4, -0.2) is 96.7 Å². The topological polar surface area (TPSA) is 237 Å². The van der Waals surface area contributed by atoms with Gasteiger partial charge in [0, 0.05) is 25.7 Å². The number of carbonyl (C=O) groups is 4. The van der Waals surface area contributed by atoms with Crippen LogP contribution in [0.5, 0.6) is 0 Å². The number of ether oxygens (including phenoxy) is 4. The minimum atomic E-state index is -4.96. The second-order valence-corrected chi connectivity index (χ2v) is 28.9. The standard InChI is InChI=1S/C72H136O17P2/c1-7-10-12-14-16-18-19-20-21-25-28-32-36-43-49-55-70(75)83-60-67(88-71(76)56-50-44-37-33-29-26-23-22-24-27-31-34-41-47-53-65(6)9-3)62-86-90(78,79)84-58-66(73)59-85-91(80,81)87-63-68(89-72(77)57-51-45-39-38-40-46-52-64(4)5)61-82-69(74)54-48-42-35-30-17-15-13-11-8-2/h18-21,64-68,73H,7-17,22-63H2,1-6H3,(H,78,79)(H,80,81)/b19-18-,21-20-/t65?,66-,67-,68-/m1/s1. The van der Waals surface area contributed by atoms with Crippen LogP contribution in [0.25, 0.3) is 0 Å². The Morgan fingerprint density at radius 1 is 0.363 bits per heavy atom. The summed E-state index contributed by atoms with van der Waals surface area (Å²) in [6, 6.07) is 0. The molecule has 0 aliphatic heterocycles. The summed E-state index contributed by atoms with van der Waals surface area (Å²) < 4.78 is 68.2. The number of phosphoric acid groups is 2. The largest absolute Gasteiger partial charge is 0.472 e. The van der Waals surface area contributed by atoms with Crippen molar-refractivity contribution in [1.29, 1.82) is 0 Å². The molecule has 0 aromatic carbocycles. The molecule has 0 amide bonds. The third-order valence-corrected chi connectivity index (χ3v) is 18.3. The molecule has 6 atom stereocenters. The van der Waals surface area contributed by atoms with Gasteiger partial charge in [-0.05, 0) is 63.2 Å². The first-order chi connectivity index (χ1) is 43.9. The molecule has 3 unspecified atom stereocenters. The van der Waals surface area contributed by atoms with E-state index in [-0.39, 0.29) is 25.7 Å². The zero-order chi connectivity index (χ0) is 67.2. The Morgan fingerprint density at radius 3 is 0.989 bits per heavy atom. The predicted molar refractivity (Wildman–Crippen MR) is 367 cm³/mol. The molecule has 536 valence electrons. The number of aliphatic hydroxyl groups excluding tert-OH is 1. The number of phosphoric ester groups is 2. The van der Waals surface area contributed by atoms with Gasteiger partial charge >= 0.3 is 39.5 Å². The van der Waals surface area contributed by atoms with E-state index in [2.05, 4.69) is 65.8 Å². The molecule has 0 heterocycles. The fourth-order valence-electron chi connectivity index (χ4n) is 10.4. The lowest BCUT2D eigenvalue weighted by molar-refractivity contribution is -0.161. The Hall–Kier alpha value is -2.46. The number of rotatable bonds is 69. The first-order valence-corrected chi connectivity index (χ1v) is 39.8. The van der Waals surface area contributed by atoms with Crippen molar-refractivity contribution in [1.82, 2.24) is 0 Å². The van der Waals surface area contributed by atoms with E-state index >= 15 is 0 Å². The molecule has 0 aromatic heterocycles. The van der Waals surface area contributed by atoms with Crippen LogP contribution in [-0.2, 0) is 65.4 Å². The smallest absolute Gasteiger partial charge is 0.462 e. The van der Waals surface area contributed by atoms with Gasteiger partial charge in [0.25, 0.3) is 0 Å². The molecular formula is C72H136O17P2. The molecule has 0 rings (SSSR count). The second kappa shape index (κ2) is 63.6. The number of hydrogen-bond donors (Lipinski definition) is 3. The Bertz CT molecular complexity index is 1860. The molecule has 91 heavy (non-hydrogen) atoms. The van der Waals surface area contributed by atoms with Gasteiger partial charge in [-0.1, -0.05) is 291 Å². The summed E-state index contributed by atoms with van der Waals surface area (Å²) in [5.74, 6) is -0.646. The van der Waals surface area contributed by atoms with Crippen molar-refractivity contribution in [2.75, 3.05) is 39.6 Å². The predicted octanol–water partition coefficient (Wildman–Crippen LogP) is 20.3. The van der Waals surface area contributed by atoms with E-state index in [4.69, 9.17) is 37.0 Å². The van der Waals surface area contributed by atoms with Crippen molar-refractivity contribution >= 4 is 39.5 Å². The highest BCUT2D eigenvalue weighted by molar-refractivity contribution is 7.47. The van der Waals surface area contributed by atoms with Gasteiger partial charge in [0.05, 0.1) is 26.4 Å². The lowest BCUT2D eigenvalue weighted by Gasteiger charge is -2.21. The molecule has 0 saturated heterocycles. The zero-order valence-electron chi connectivity index (χ0n) is 58.6. The van der Waals surface area contributed by atoms with Gasteiger partial charge in [-0.2, -0.15) is 0 Å². The number of unbranched alkanes of at least 4 members (excludes halogenated alkanes) is 35. The minimum absolute atomic E-state index is 0.0997. The Morgan fingerprint density at radius 2 is 0.648 bits per heavy atom. The van der Waals surface area contributed by atoms with Crippen LogP contribution < -0.4 is 0 Å². The van der Waals surface area contributed by atoms with Gasteiger partial charge in [0.15, 0.2) is 12.2 Å². The molecule has 0 saturated carbocycles. The van der Waals surface area contributed by atoms with E-state index in [1.807, 2.05) is 0 Å². The van der Waals surface area contributed by atoms with E-state index in [1.165, 1.54) is 141 Å². The number of carbonyl (C=O) groups excluding carboxylic acids is 4. The maximum absolute atomic E-state index is 13.0. The molecule has 19 heteroatoms. The molecule has 0 spiro atoms. The van der Waals surface area contributed by atoms with E-state index in [1.54, 1.807) is 0 Å². The highest BCUT2D eigenvalue weighted by Gasteiger charge is 2.30. The van der Waals surface area contributed by atoms with E-state index in [0.717, 1.165) is 115 Å². The quantitative estimate of drug-likeness (QED) is 0.0169. The summed E-state index contributed by atoms with van der Waals surface area (Å²) in [4.78, 5) is 72.5. The van der Waals surface area contributed by atoms with Crippen LogP contribution in [0.1, 0.15) is 343 Å². The molecule has 3 N–H and O–H groups in total. The van der Waals surface area contributed by atoms with Crippen molar-refractivity contribution in [3.63, 3.8) is 0 Å². The van der Waals surface area contributed by atoms with Gasteiger partial charge < -0.3 is 33.8 Å². The molecule has 17 nitrogen and oxygen atoms in total. The third kappa shape index (κ3) is 64.6. The third-order valence-electron chi connectivity index (χ3n) is 16.4. The summed E-state index contributed by atoms with van der Waals surface area (Å²) in [6.07, 6.45) is 52.3. The van der Waals surface area contributed by atoms with Gasteiger partial charge in [-0.25, -0.2) is 9.13 Å². The van der Waals surface area contributed by atoms with Gasteiger partial charge in [-0.15, -0.1) is 0 Å². The highest BCUT2D eigenvalue weighted by atomic mass is 31.2. The van der Waals surface area contributed by atoms with E-state index in [0.29, 0.717) is 31.6 Å². The Kier molecular flexibility index (Phi) is 61.9. The Balaban J connectivity index is 5.25. The van der Waals surface area contributed by atoms with Crippen molar-refractivity contribution in [3.05, 3.63) is 24.3 Å². The van der Waals surface area contributed by atoms with Crippen LogP contribution in [0.2, 0.25) is 0 Å². The fourth-order valence-corrected chi connectivity index (χ4v) is 12.0. The monoisotopic (exact) mass is 1330 g/mol. The maximum atomic E-state index is 13.0. The Labute approximate surface area is 554 Å². The minimum Gasteiger partial charge on any atom is -0.462 e. The number of esters is 4. The van der Waals surface area contributed by atoms with E-state index < -0.39 is 97.5 Å².